The van der Waals surface area contributed by atoms with E-state index in [0.717, 1.165) is 31.2 Å². The summed E-state index contributed by atoms with van der Waals surface area (Å²) in [7, 11) is -0.226. The molecule has 3 rings (SSSR count). The van der Waals surface area contributed by atoms with Crippen LogP contribution in [0.15, 0.2) is 12.1 Å². The number of hydrogen-bond acceptors (Lipinski definition) is 4. The molecule has 0 radical (unpaired) electrons. The molecule has 7 heteroatoms. The maximum atomic E-state index is 12.7. The van der Waals surface area contributed by atoms with Crippen LogP contribution in [0.4, 0.5) is 0 Å². The molecule has 6 nitrogen and oxygen atoms in total. The van der Waals surface area contributed by atoms with Crippen molar-refractivity contribution in [3.63, 3.8) is 0 Å². The summed E-state index contributed by atoms with van der Waals surface area (Å²) in [5.74, 6) is 1.36. The lowest BCUT2D eigenvalue weighted by molar-refractivity contribution is 0.203. The Labute approximate surface area is 150 Å². The van der Waals surface area contributed by atoms with E-state index >= 15 is 0 Å². The second kappa shape index (κ2) is 7.13. The molecule has 0 saturated heterocycles. The lowest BCUT2D eigenvalue weighted by Gasteiger charge is -2.46. The fourth-order valence-corrected chi connectivity index (χ4v) is 5.59. The van der Waals surface area contributed by atoms with Gasteiger partial charge in [-0.15, -0.1) is 0 Å². The summed E-state index contributed by atoms with van der Waals surface area (Å²) >= 11 is 0. The van der Waals surface area contributed by atoms with Crippen LogP contribution in [0.5, 0.6) is 11.5 Å². The van der Waals surface area contributed by atoms with Gasteiger partial charge < -0.3 is 9.47 Å². The molecule has 1 saturated carbocycles. The molecule has 0 unspecified atom stereocenters. The average molecular weight is 368 g/mol. The second-order valence-electron chi connectivity index (χ2n) is 6.98. The molecule has 1 aromatic carbocycles. The predicted molar refractivity (Wildman–Crippen MR) is 97.3 cm³/mol. The SMILES string of the molecule is CCNS(=O)(=O)N1Cc2cc(OC)c(OC)cc2C2(CCCCC2)C1. The number of rotatable bonds is 5. The monoisotopic (exact) mass is 368 g/mol. The molecule has 0 bridgehead atoms. The number of fused-ring (bicyclic) bond motifs is 2. The van der Waals surface area contributed by atoms with Gasteiger partial charge in [0.1, 0.15) is 0 Å². The van der Waals surface area contributed by atoms with Crippen LogP contribution >= 0.6 is 0 Å². The smallest absolute Gasteiger partial charge is 0.279 e. The highest BCUT2D eigenvalue weighted by molar-refractivity contribution is 7.87. The minimum atomic E-state index is -3.48. The summed E-state index contributed by atoms with van der Waals surface area (Å²) in [5.41, 5.74) is 2.12. The summed E-state index contributed by atoms with van der Waals surface area (Å²) < 4.78 is 40.5. The number of methoxy groups -OCH3 is 2. The first-order chi connectivity index (χ1) is 12.0. The number of ether oxygens (including phenoxy) is 2. The molecule has 1 fully saturated rings. The van der Waals surface area contributed by atoms with E-state index < -0.39 is 10.2 Å². The van der Waals surface area contributed by atoms with E-state index in [1.165, 1.54) is 12.0 Å². The number of nitrogens with zero attached hydrogens (tertiary/aromatic N) is 1. The molecule has 1 aliphatic heterocycles. The van der Waals surface area contributed by atoms with Crippen molar-refractivity contribution < 1.29 is 17.9 Å². The summed E-state index contributed by atoms with van der Waals surface area (Å²) in [6, 6.07) is 4.01. The van der Waals surface area contributed by atoms with E-state index in [2.05, 4.69) is 10.8 Å². The maximum Gasteiger partial charge on any atom is 0.279 e. The molecule has 0 aromatic heterocycles. The molecule has 1 heterocycles. The van der Waals surface area contributed by atoms with Gasteiger partial charge in [-0.25, -0.2) is 4.72 Å². The van der Waals surface area contributed by atoms with Gasteiger partial charge in [-0.3, -0.25) is 0 Å². The second-order valence-corrected chi connectivity index (χ2v) is 8.73. The molecule has 2 aliphatic rings. The summed E-state index contributed by atoms with van der Waals surface area (Å²) in [5, 5.41) is 0. The standard InChI is InChI=1S/C18H28N2O4S/c1-4-19-25(21,22)20-12-14-10-16(23-2)17(24-3)11-15(14)18(13-20)8-6-5-7-9-18/h10-11,19H,4-9,12-13H2,1-3H3. The van der Waals surface area contributed by atoms with Gasteiger partial charge in [-0.2, -0.15) is 12.7 Å². The van der Waals surface area contributed by atoms with Crippen molar-refractivity contribution in [2.45, 2.75) is 51.0 Å². The number of benzene rings is 1. The summed E-state index contributed by atoms with van der Waals surface area (Å²) in [4.78, 5) is 0. The highest BCUT2D eigenvalue weighted by Crippen LogP contribution is 2.47. The van der Waals surface area contributed by atoms with Crippen LogP contribution in [-0.2, 0) is 22.2 Å². The Morgan fingerprint density at radius 1 is 1.12 bits per heavy atom. The first kappa shape index (κ1) is 18.5. The van der Waals surface area contributed by atoms with Gasteiger partial charge in [0.15, 0.2) is 11.5 Å². The molecule has 1 aliphatic carbocycles. The van der Waals surface area contributed by atoms with Crippen LogP contribution in [0.3, 0.4) is 0 Å². The Kier molecular flexibility index (Phi) is 5.27. The predicted octanol–water partition coefficient (Wildman–Crippen LogP) is 2.58. The van der Waals surface area contributed by atoms with Crippen LogP contribution in [-0.4, -0.2) is 40.0 Å². The van der Waals surface area contributed by atoms with Crippen molar-refractivity contribution in [1.82, 2.24) is 9.03 Å². The van der Waals surface area contributed by atoms with Crippen LogP contribution in [0, 0.1) is 0 Å². The zero-order valence-corrected chi connectivity index (χ0v) is 16.1. The molecule has 1 N–H and O–H groups in total. The summed E-state index contributed by atoms with van der Waals surface area (Å²) in [6.45, 7) is 3.10. The van der Waals surface area contributed by atoms with Gasteiger partial charge in [-0.1, -0.05) is 26.2 Å². The van der Waals surface area contributed by atoms with Crippen LogP contribution in [0.2, 0.25) is 0 Å². The Hall–Kier alpha value is -1.31. The van der Waals surface area contributed by atoms with Crippen LogP contribution in [0.25, 0.3) is 0 Å². The van der Waals surface area contributed by atoms with Crippen molar-refractivity contribution in [2.24, 2.45) is 0 Å². The fourth-order valence-electron chi connectivity index (χ4n) is 4.31. The third kappa shape index (κ3) is 3.37. The Bertz CT molecular complexity index is 727. The highest BCUT2D eigenvalue weighted by atomic mass is 32.2. The fraction of sp³-hybridized carbons (Fsp3) is 0.667. The van der Waals surface area contributed by atoms with Gasteiger partial charge in [0.05, 0.1) is 14.2 Å². The molecule has 140 valence electrons. The molecule has 0 amide bonds. The van der Waals surface area contributed by atoms with E-state index in [1.807, 2.05) is 6.07 Å². The van der Waals surface area contributed by atoms with Gasteiger partial charge in [0.25, 0.3) is 10.2 Å². The van der Waals surface area contributed by atoms with Gasteiger partial charge in [-0.05, 0) is 36.1 Å². The topological polar surface area (TPSA) is 67.9 Å². The summed E-state index contributed by atoms with van der Waals surface area (Å²) in [6.07, 6.45) is 5.48. The van der Waals surface area contributed by atoms with E-state index in [0.29, 0.717) is 31.1 Å². The zero-order valence-electron chi connectivity index (χ0n) is 15.3. The molecule has 0 atom stereocenters. The normalized spacial score (nSPS) is 20.3. The van der Waals surface area contributed by atoms with E-state index in [9.17, 15) is 8.42 Å². The molecular weight excluding hydrogens is 340 g/mol. The quantitative estimate of drug-likeness (QED) is 0.867. The zero-order chi connectivity index (χ0) is 18.1. The first-order valence-electron chi connectivity index (χ1n) is 8.96. The van der Waals surface area contributed by atoms with Crippen LogP contribution < -0.4 is 14.2 Å². The van der Waals surface area contributed by atoms with Crippen LogP contribution in [0.1, 0.15) is 50.2 Å². The third-order valence-corrected chi connectivity index (χ3v) is 7.08. The highest BCUT2D eigenvalue weighted by Gasteiger charge is 2.44. The lowest BCUT2D eigenvalue weighted by Crippen LogP contribution is -2.51. The Morgan fingerprint density at radius 3 is 2.36 bits per heavy atom. The van der Waals surface area contributed by atoms with Crippen molar-refractivity contribution in [3.8, 4) is 11.5 Å². The van der Waals surface area contributed by atoms with Crippen molar-refractivity contribution in [3.05, 3.63) is 23.3 Å². The number of hydrogen-bond donors (Lipinski definition) is 1. The Morgan fingerprint density at radius 2 is 1.76 bits per heavy atom. The molecule has 1 aromatic rings. The van der Waals surface area contributed by atoms with Gasteiger partial charge in [0.2, 0.25) is 0 Å². The lowest BCUT2D eigenvalue weighted by atomic mass is 9.66. The average Bonchev–Trinajstić information content (AvgIpc) is 2.61. The Balaban J connectivity index is 2.10. The van der Waals surface area contributed by atoms with E-state index in [-0.39, 0.29) is 5.41 Å². The van der Waals surface area contributed by atoms with Crippen molar-refractivity contribution in [2.75, 3.05) is 27.3 Å². The third-order valence-electron chi connectivity index (χ3n) is 5.48. The number of nitrogens with one attached hydrogen (secondary N) is 1. The molecule has 1 spiro atoms. The van der Waals surface area contributed by atoms with E-state index in [4.69, 9.17) is 9.47 Å². The first-order valence-corrected chi connectivity index (χ1v) is 10.4. The molecular formula is C18H28N2O4S. The van der Waals surface area contributed by atoms with E-state index in [1.54, 1.807) is 25.4 Å². The van der Waals surface area contributed by atoms with Crippen molar-refractivity contribution >= 4 is 10.2 Å². The minimum absolute atomic E-state index is 0.131. The minimum Gasteiger partial charge on any atom is -0.493 e. The molecule has 25 heavy (non-hydrogen) atoms. The largest absolute Gasteiger partial charge is 0.493 e. The van der Waals surface area contributed by atoms with Crippen molar-refractivity contribution in [1.29, 1.82) is 0 Å². The van der Waals surface area contributed by atoms with Gasteiger partial charge in [0, 0.05) is 25.0 Å². The maximum absolute atomic E-state index is 12.7. The van der Waals surface area contributed by atoms with Gasteiger partial charge >= 0.3 is 0 Å².